The number of pyridine rings is 1. The first-order valence-electron chi connectivity index (χ1n) is 10.5. The molecule has 4 nitrogen and oxygen atoms in total. The van der Waals surface area contributed by atoms with Crippen molar-refractivity contribution in [3.8, 4) is 5.69 Å². The summed E-state index contributed by atoms with van der Waals surface area (Å²) in [5.74, 6) is 0. The fourth-order valence-electron chi connectivity index (χ4n) is 4.28. The predicted molar refractivity (Wildman–Crippen MR) is 137 cm³/mol. The molecule has 1 fully saturated rings. The van der Waals surface area contributed by atoms with Gasteiger partial charge in [-0.1, -0.05) is 28.1 Å². The van der Waals surface area contributed by atoms with Crippen LogP contribution >= 0.6 is 28.1 Å². The Balaban J connectivity index is 1.67. The Kier molecular flexibility index (Phi) is 5.57. The number of nitrogens with zero attached hydrogens (tertiary/aromatic N) is 3. The van der Waals surface area contributed by atoms with Crippen LogP contribution in [0, 0.1) is 13.8 Å². The Morgan fingerprint density at radius 1 is 0.906 bits per heavy atom. The van der Waals surface area contributed by atoms with Crippen molar-refractivity contribution in [2.75, 3.05) is 4.90 Å². The average molecular weight is 503 g/mol. The number of hydrogen-bond acceptors (Lipinski definition) is 2. The number of rotatable bonds is 4. The molecule has 3 heterocycles. The minimum atomic E-state index is -0.0763. The molecule has 5 rings (SSSR count). The van der Waals surface area contributed by atoms with Crippen molar-refractivity contribution in [2.24, 2.45) is 0 Å². The summed E-state index contributed by atoms with van der Waals surface area (Å²) in [6, 6.07) is 25.0. The van der Waals surface area contributed by atoms with Crippen LogP contribution in [0.1, 0.15) is 34.6 Å². The molecule has 1 aliphatic rings. The molecule has 1 saturated heterocycles. The maximum absolute atomic E-state index is 5.85. The predicted octanol–water partition coefficient (Wildman–Crippen LogP) is 6.43. The Bertz CT molecular complexity index is 1270. The average Bonchev–Trinajstić information content (AvgIpc) is 3.41. The molecule has 32 heavy (non-hydrogen) atoms. The van der Waals surface area contributed by atoms with E-state index in [0.717, 1.165) is 27.2 Å². The number of thiocarbonyl (C=S) groups is 1. The standard InChI is InChI=1S/C26H23BrN4S/c1-17-8-11-21(16-18(17)2)30-15-5-7-23(30)25-24(22-6-3-4-14-28-22)29-26(32)31(25)20-12-9-19(27)10-13-20/h3-16,24-25H,1-2H3,(H,29,32)/t24-,25+/m1/s1. The molecular formula is C26H23BrN4S. The van der Waals surface area contributed by atoms with E-state index < -0.39 is 0 Å². The fraction of sp³-hybridized carbons (Fsp3) is 0.154. The van der Waals surface area contributed by atoms with Gasteiger partial charge in [-0.15, -0.1) is 0 Å². The van der Waals surface area contributed by atoms with E-state index in [9.17, 15) is 0 Å². The van der Waals surface area contributed by atoms with Gasteiger partial charge >= 0.3 is 0 Å². The van der Waals surface area contributed by atoms with Crippen LogP contribution in [-0.2, 0) is 0 Å². The van der Waals surface area contributed by atoms with Crippen molar-refractivity contribution in [1.82, 2.24) is 14.9 Å². The number of nitrogens with one attached hydrogen (secondary N) is 1. The molecule has 0 aliphatic carbocycles. The number of halogens is 1. The lowest BCUT2D eigenvalue weighted by molar-refractivity contribution is 0.549. The van der Waals surface area contributed by atoms with E-state index >= 15 is 0 Å². The number of anilines is 1. The third kappa shape index (κ3) is 3.74. The molecule has 160 valence electrons. The van der Waals surface area contributed by atoms with E-state index in [0.29, 0.717) is 5.11 Å². The van der Waals surface area contributed by atoms with Gasteiger partial charge in [0.1, 0.15) is 6.04 Å². The molecule has 0 unspecified atom stereocenters. The summed E-state index contributed by atoms with van der Waals surface area (Å²) >= 11 is 9.39. The third-order valence-electron chi connectivity index (χ3n) is 6.05. The van der Waals surface area contributed by atoms with E-state index in [-0.39, 0.29) is 12.1 Å². The van der Waals surface area contributed by atoms with Crippen LogP contribution in [0.2, 0.25) is 0 Å². The molecule has 0 amide bonds. The van der Waals surface area contributed by atoms with E-state index in [1.807, 2.05) is 30.5 Å². The van der Waals surface area contributed by atoms with Crippen LogP contribution in [0.25, 0.3) is 5.69 Å². The number of benzene rings is 2. The van der Waals surface area contributed by atoms with Gasteiger partial charge in [0.05, 0.1) is 11.7 Å². The van der Waals surface area contributed by atoms with Gasteiger partial charge in [0, 0.05) is 33.9 Å². The SMILES string of the molecule is Cc1ccc(-n2cccc2[C@H]2[C@@H](c3ccccn3)NC(=S)N2c2ccc(Br)cc2)cc1C. The highest BCUT2D eigenvalue weighted by atomic mass is 79.9. The van der Waals surface area contributed by atoms with Crippen molar-refractivity contribution in [1.29, 1.82) is 0 Å². The van der Waals surface area contributed by atoms with Crippen molar-refractivity contribution >= 4 is 38.9 Å². The van der Waals surface area contributed by atoms with Gasteiger partial charge in [-0.2, -0.15) is 0 Å². The number of hydrogen-bond donors (Lipinski definition) is 1. The first-order valence-corrected chi connectivity index (χ1v) is 11.7. The lowest BCUT2D eigenvalue weighted by Crippen LogP contribution is -2.30. The molecule has 0 radical (unpaired) electrons. The third-order valence-corrected chi connectivity index (χ3v) is 6.90. The van der Waals surface area contributed by atoms with Gasteiger partial charge in [0.25, 0.3) is 0 Å². The molecule has 0 saturated carbocycles. The van der Waals surface area contributed by atoms with Gasteiger partial charge in [0.15, 0.2) is 5.11 Å². The highest BCUT2D eigenvalue weighted by Gasteiger charge is 2.42. The van der Waals surface area contributed by atoms with Gasteiger partial charge in [0.2, 0.25) is 0 Å². The van der Waals surface area contributed by atoms with E-state index in [4.69, 9.17) is 12.2 Å². The second kappa shape index (κ2) is 8.52. The van der Waals surface area contributed by atoms with Crippen LogP contribution in [0.4, 0.5) is 5.69 Å². The maximum atomic E-state index is 5.85. The molecule has 1 N–H and O–H groups in total. The Morgan fingerprint density at radius 3 is 2.41 bits per heavy atom. The van der Waals surface area contributed by atoms with Gasteiger partial charge < -0.3 is 14.8 Å². The van der Waals surface area contributed by atoms with E-state index in [1.54, 1.807) is 0 Å². The van der Waals surface area contributed by atoms with Gasteiger partial charge in [-0.05, 0) is 97.9 Å². The lowest BCUT2D eigenvalue weighted by Gasteiger charge is -2.29. The molecule has 2 atom stereocenters. The summed E-state index contributed by atoms with van der Waals surface area (Å²) in [7, 11) is 0. The molecule has 0 spiro atoms. The Hall–Kier alpha value is -2.96. The second-order valence-electron chi connectivity index (χ2n) is 8.04. The highest BCUT2D eigenvalue weighted by molar-refractivity contribution is 9.10. The van der Waals surface area contributed by atoms with Crippen molar-refractivity contribution in [3.05, 3.63) is 112 Å². The molecular weight excluding hydrogens is 480 g/mol. The van der Waals surface area contributed by atoms with Gasteiger partial charge in [-0.3, -0.25) is 4.98 Å². The zero-order chi connectivity index (χ0) is 22.2. The van der Waals surface area contributed by atoms with E-state index in [2.05, 4.69) is 104 Å². The van der Waals surface area contributed by atoms with Crippen LogP contribution in [0.15, 0.2) is 89.7 Å². The van der Waals surface area contributed by atoms with Crippen LogP contribution < -0.4 is 10.2 Å². The molecule has 0 bridgehead atoms. The minimum absolute atomic E-state index is 0.0600. The summed E-state index contributed by atoms with van der Waals surface area (Å²) < 4.78 is 3.30. The monoisotopic (exact) mass is 502 g/mol. The van der Waals surface area contributed by atoms with Crippen molar-refractivity contribution in [3.63, 3.8) is 0 Å². The summed E-state index contributed by atoms with van der Waals surface area (Å²) in [5, 5.41) is 4.24. The molecule has 2 aromatic carbocycles. The van der Waals surface area contributed by atoms with Crippen LogP contribution in [0.3, 0.4) is 0 Å². The first-order chi connectivity index (χ1) is 15.5. The van der Waals surface area contributed by atoms with Crippen LogP contribution in [0.5, 0.6) is 0 Å². The Labute approximate surface area is 202 Å². The number of aromatic nitrogens is 2. The second-order valence-corrected chi connectivity index (χ2v) is 9.35. The van der Waals surface area contributed by atoms with Crippen molar-refractivity contribution in [2.45, 2.75) is 25.9 Å². The summed E-state index contributed by atoms with van der Waals surface area (Å²) in [6.07, 6.45) is 3.96. The molecule has 4 aromatic rings. The molecule has 1 aliphatic heterocycles. The fourth-order valence-corrected chi connectivity index (χ4v) is 4.89. The van der Waals surface area contributed by atoms with Crippen molar-refractivity contribution < 1.29 is 0 Å². The van der Waals surface area contributed by atoms with E-state index in [1.165, 1.54) is 11.1 Å². The first kappa shape index (κ1) is 20.9. The lowest BCUT2D eigenvalue weighted by atomic mass is 10.0. The minimum Gasteiger partial charge on any atom is -0.351 e. The maximum Gasteiger partial charge on any atom is 0.174 e. The summed E-state index contributed by atoms with van der Waals surface area (Å²) in [4.78, 5) is 6.86. The summed E-state index contributed by atoms with van der Waals surface area (Å²) in [5.41, 5.74) is 6.86. The van der Waals surface area contributed by atoms with Gasteiger partial charge in [-0.25, -0.2) is 0 Å². The van der Waals surface area contributed by atoms with Crippen LogP contribution in [-0.4, -0.2) is 14.7 Å². The quantitative estimate of drug-likeness (QED) is 0.326. The topological polar surface area (TPSA) is 33.1 Å². The molecule has 2 aromatic heterocycles. The zero-order valence-electron chi connectivity index (χ0n) is 17.9. The summed E-state index contributed by atoms with van der Waals surface area (Å²) in [6.45, 7) is 4.29. The Morgan fingerprint density at radius 2 is 1.69 bits per heavy atom. The smallest absolute Gasteiger partial charge is 0.174 e. The zero-order valence-corrected chi connectivity index (χ0v) is 20.3. The normalized spacial score (nSPS) is 18.1. The number of aryl methyl sites for hydroxylation is 2. The highest BCUT2D eigenvalue weighted by Crippen LogP contribution is 2.42. The molecule has 6 heteroatoms. The largest absolute Gasteiger partial charge is 0.351 e.